The number of carboxylic acids is 1. The van der Waals surface area contributed by atoms with Crippen molar-refractivity contribution >= 4 is 17.6 Å². The van der Waals surface area contributed by atoms with Crippen LogP contribution in [0.1, 0.15) is 17.2 Å². The average Bonchev–Trinajstić information content (AvgIpc) is 2.59. The van der Waals surface area contributed by atoms with E-state index in [2.05, 4.69) is 10.6 Å². The quantitative estimate of drug-likeness (QED) is 0.755. The Bertz CT molecular complexity index is 733. The Morgan fingerprint density at radius 1 is 1.12 bits per heavy atom. The molecule has 0 bridgehead atoms. The lowest BCUT2D eigenvalue weighted by Crippen LogP contribution is -2.47. The molecule has 1 heterocycles. The van der Waals surface area contributed by atoms with Gasteiger partial charge in [-0.05, 0) is 17.2 Å². The van der Waals surface area contributed by atoms with E-state index >= 15 is 0 Å². The number of anilines is 1. The number of carbonyl (C=O) groups excluding carboxylic acids is 1. The molecule has 6 nitrogen and oxygen atoms in total. The van der Waals surface area contributed by atoms with Gasteiger partial charge >= 0.3 is 5.97 Å². The first kappa shape index (κ1) is 16.2. The van der Waals surface area contributed by atoms with Crippen LogP contribution in [0.15, 0.2) is 54.6 Å². The molecule has 124 valence electrons. The van der Waals surface area contributed by atoms with Crippen LogP contribution in [0.5, 0.6) is 0 Å². The molecular formula is C18H18N2O4. The van der Waals surface area contributed by atoms with Gasteiger partial charge in [0.05, 0.1) is 19.2 Å². The van der Waals surface area contributed by atoms with Gasteiger partial charge in [-0.3, -0.25) is 14.9 Å². The summed E-state index contributed by atoms with van der Waals surface area (Å²) in [6.45, 7) is 0.0177. The van der Waals surface area contributed by atoms with Crippen molar-refractivity contribution in [1.29, 1.82) is 0 Å². The van der Waals surface area contributed by atoms with Gasteiger partial charge in [-0.15, -0.1) is 0 Å². The number of benzene rings is 2. The molecule has 0 saturated carbocycles. The highest BCUT2D eigenvalue weighted by molar-refractivity contribution is 5.98. The predicted molar refractivity (Wildman–Crippen MR) is 88.5 cm³/mol. The van der Waals surface area contributed by atoms with E-state index in [1.165, 1.54) is 0 Å². The number of hydrogen-bond donors (Lipinski definition) is 3. The third kappa shape index (κ3) is 3.61. The van der Waals surface area contributed by atoms with Crippen molar-refractivity contribution in [2.24, 2.45) is 0 Å². The maximum Gasteiger partial charge on any atom is 0.317 e. The average molecular weight is 326 g/mol. The first-order valence-corrected chi connectivity index (χ1v) is 7.65. The minimum atomic E-state index is -0.986. The fourth-order valence-corrected chi connectivity index (χ4v) is 2.75. The molecule has 2 aromatic carbocycles. The monoisotopic (exact) mass is 326 g/mol. The van der Waals surface area contributed by atoms with E-state index in [1.54, 1.807) is 6.07 Å². The van der Waals surface area contributed by atoms with Crippen molar-refractivity contribution in [2.45, 2.75) is 18.8 Å². The molecule has 2 aromatic rings. The van der Waals surface area contributed by atoms with Crippen LogP contribution in [-0.2, 0) is 20.9 Å². The number of rotatable bonds is 6. The van der Waals surface area contributed by atoms with E-state index in [0.29, 0.717) is 5.69 Å². The largest absolute Gasteiger partial charge is 0.480 e. The Balaban J connectivity index is 1.81. The minimum Gasteiger partial charge on any atom is -0.480 e. The number of carbonyl (C=O) groups is 2. The van der Waals surface area contributed by atoms with Crippen LogP contribution in [0, 0.1) is 0 Å². The standard InChI is InChI=1S/C18H18N2O4/c21-15(22)10-19-16-13-8-4-5-9-14(13)20-18(23)17(16)24-11-12-6-2-1-3-7-12/h1-9,16-17,19H,10-11H2,(H,20,23)(H,21,22). The first-order chi connectivity index (χ1) is 11.6. The normalized spacial score (nSPS) is 19.4. The second-order valence-electron chi connectivity index (χ2n) is 5.55. The number of nitrogens with one attached hydrogen (secondary N) is 2. The van der Waals surface area contributed by atoms with Gasteiger partial charge in [0.1, 0.15) is 0 Å². The molecule has 1 amide bonds. The minimum absolute atomic E-state index is 0.253. The molecule has 1 aliphatic heterocycles. The van der Waals surface area contributed by atoms with E-state index in [0.717, 1.165) is 11.1 Å². The molecule has 0 spiro atoms. The molecule has 0 aromatic heterocycles. The van der Waals surface area contributed by atoms with Crippen LogP contribution in [-0.4, -0.2) is 29.6 Å². The summed E-state index contributed by atoms with van der Waals surface area (Å²) in [7, 11) is 0. The lowest BCUT2D eigenvalue weighted by molar-refractivity contribution is -0.138. The molecular weight excluding hydrogens is 308 g/mol. The van der Waals surface area contributed by atoms with Crippen LogP contribution in [0.25, 0.3) is 0 Å². The number of carboxylic acid groups (broad SMARTS) is 1. The molecule has 2 atom stereocenters. The van der Waals surface area contributed by atoms with Gasteiger partial charge in [0.2, 0.25) is 0 Å². The smallest absolute Gasteiger partial charge is 0.317 e. The maximum absolute atomic E-state index is 12.4. The molecule has 0 radical (unpaired) electrons. The number of aliphatic carboxylic acids is 1. The number of amides is 1. The molecule has 24 heavy (non-hydrogen) atoms. The van der Waals surface area contributed by atoms with Crippen molar-refractivity contribution < 1.29 is 19.4 Å². The summed E-state index contributed by atoms with van der Waals surface area (Å²) >= 11 is 0. The maximum atomic E-state index is 12.4. The van der Waals surface area contributed by atoms with Gasteiger partial charge < -0.3 is 15.2 Å². The summed E-state index contributed by atoms with van der Waals surface area (Å²) in [4.78, 5) is 23.3. The Kier molecular flexibility index (Phi) is 4.88. The van der Waals surface area contributed by atoms with Gasteiger partial charge in [0.25, 0.3) is 5.91 Å². The summed E-state index contributed by atoms with van der Waals surface area (Å²) in [6, 6.07) is 16.3. The molecule has 6 heteroatoms. The third-order valence-corrected chi connectivity index (χ3v) is 3.86. The van der Waals surface area contributed by atoms with Gasteiger partial charge in [-0.2, -0.15) is 0 Å². The highest BCUT2D eigenvalue weighted by Crippen LogP contribution is 2.32. The first-order valence-electron chi connectivity index (χ1n) is 7.65. The topological polar surface area (TPSA) is 87.7 Å². The summed E-state index contributed by atoms with van der Waals surface area (Å²) in [5.41, 5.74) is 2.43. The molecule has 0 fully saturated rings. The lowest BCUT2D eigenvalue weighted by Gasteiger charge is -2.33. The second-order valence-corrected chi connectivity index (χ2v) is 5.55. The highest BCUT2D eigenvalue weighted by Gasteiger charge is 2.36. The highest BCUT2D eigenvalue weighted by atomic mass is 16.5. The SMILES string of the molecule is O=C(O)CNC1c2ccccc2NC(=O)C1OCc1ccccc1. The zero-order chi connectivity index (χ0) is 16.9. The summed E-state index contributed by atoms with van der Waals surface area (Å²) in [5.74, 6) is -1.27. The lowest BCUT2D eigenvalue weighted by atomic mass is 9.94. The van der Waals surface area contributed by atoms with E-state index in [9.17, 15) is 9.59 Å². The van der Waals surface area contributed by atoms with E-state index in [4.69, 9.17) is 9.84 Å². The molecule has 1 aliphatic rings. The Hall–Kier alpha value is -2.70. The van der Waals surface area contributed by atoms with Crippen molar-refractivity contribution in [3.8, 4) is 0 Å². The second kappa shape index (κ2) is 7.25. The number of fused-ring (bicyclic) bond motifs is 1. The van der Waals surface area contributed by atoms with Crippen LogP contribution in [0.2, 0.25) is 0 Å². The molecule has 2 unspecified atom stereocenters. The number of ether oxygens (including phenoxy) is 1. The fraction of sp³-hybridized carbons (Fsp3) is 0.222. The van der Waals surface area contributed by atoms with E-state index in [-0.39, 0.29) is 19.1 Å². The number of hydrogen-bond acceptors (Lipinski definition) is 4. The molecule has 3 N–H and O–H groups in total. The van der Waals surface area contributed by atoms with Crippen LogP contribution >= 0.6 is 0 Å². The zero-order valence-corrected chi connectivity index (χ0v) is 12.9. The van der Waals surface area contributed by atoms with E-state index < -0.39 is 18.1 Å². The van der Waals surface area contributed by atoms with Gasteiger partial charge in [0, 0.05) is 5.69 Å². The molecule has 0 saturated heterocycles. The third-order valence-electron chi connectivity index (χ3n) is 3.86. The molecule has 0 aliphatic carbocycles. The van der Waals surface area contributed by atoms with Crippen molar-refractivity contribution in [3.63, 3.8) is 0 Å². The fourth-order valence-electron chi connectivity index (χ4n) is 2.75. The zero-order valence-electron chi connectivity index (χ0n) is 12.9. The van der Waals surface area contributed by atoms with Gasteiger partial charge in [0.15, 0.2) is 6.10 Å². The van der Waals surface area contributed by atoms with Crippen LogP contribution in [0.4, 0.5) is 5.69 Å². The Morgan fingerprint density at radius 2 is 1.83 bits per heavy atom. The summed E-state index contributed by atoms with van der Waals surface area (Å²) in [5, 5.41) is 14.7. The van der Waals surface area contributed by atoms with Crippen molar-refractivity contribution in [1.82, 2.24) is 5.32 Å². The van der Waals surface area contributed by atoms with Crippen LogP contribution in [0.3, 0.4) is 0 Å². The predicted octanol–water partition coefficient (Wildman–Crippen LogP) is 1.94. The van der Waals surface area contributed by atoms with Gasteiger partial charge in [-0.1, -0.05) is 48.5 Å². The summed E-state index contributed by atoms with van der Waals surface area (Å²) < 4.78 is 5.82. The van der Waals surface area contributed by atoms with Crippen molar-refractivity contribution in [3.05, 3.63) is 65.7 Å². The molecule has 3 rings (SSSR count). The van der Waals surface area contributed by atoms with E-state index in [1.807, 2.05) is 48.5 Å². The number of para-hydroxylation sites is 1. The summed E-state index contributed by atoms with van der Waals surface area (Å²) in [6.07, 6.45) is -0.806. The Morgan fingerprint density at radius 3 is 2.58 bits per heavy atom. The van der Waals surface area contributed by atoms with Crippen LogP contribution < -0.4 is 10.6 Å². The Labute approximate surface area is 139 Å². The van der Waals surface area contributed by atoms with Gasteiger partial charge in [-0.25, -0.2) is 0 Å². The van der Waals surface area contributed by atoms with Crippen molar-refractivity contribution in [2.75, 3.05) is 11.9 Å².